The van der Waals surface area contributed by atoms with Gasteiger partial charge in [0.25, 0.3) is 0 Å². The van der Waals surface area contributed by atoms with E-state index in [1.165, 1.54) is 20.3 Å². The van der Waals surface area contributed by atoms with Gasteiger partial charge in [0, 0.05) is 5.56 Å². The highest BCUT2D eigenvalue weighted by Gasteiger charge is 2.07. The summed E-state index contributed by atoms with van der Waals surface area (Å²) < 4.78 is 15.5. The van der Waals surface area contributed by atoms with Crippen molar-refractivity contribution in [2.75, 3.05) is 14.2 Å². The van der Waals surface area contributed by atoms with Crippen LogP contribution in [0.4, 0.5) is 0 Å². The Morgan fingerprint density at radius 1 is 1.05 bits per heavy atom. The fraction of sp³-hybridized carbons (Fsp3) is 0.154. The lowest BCUT2D eigenvalue weighted by Gasteiger charge is -2.07. The molecule has 19 heavy (non-hydrogen) atoms. The molecule has 1 aromatic carbocycles. The van der Waals surface area contributed by atoms with Gasteiger partial charge in [0.15, 0.2) is 0 Å². The SMILES string of the molecule is COc1cc(OC)nc(Oc2cccc(C=O)c2)n1. The van der Waals surface area contributed by atoms with Crippen LogP contribution in [0, 0.1) is 0 Å². The first kappa shape index (κ1) is 12.8. The Balaban J connectivity index is 2.28. The Labute approximate surface area is 110 Å². The summed E-state index contributed by atoms with van der Waals surface area (Å²) in [5, 5.41) is 0. The number of nitrogens with zero attached hydrogens (tertiary/aromatic N) is 2. The number of ether oxygens (including phenoxy) is 3. The zero-order valence-corrected chi connectivity index (χ0v) is 10.5. The number of hydrogen-bond acceptors (Lipinski definition) is 6. The van der Waals surface area contributed by atoms with Crippen LogP contribution in [0.5, 0.6) is 23.5 Å². The summed E-state index contributed by atoms with van der Waals surface area (Å²) >= 11 is 0. The van der Waals surface area contributed by atoms with E-state index in [1.807, 2.05) is 0 Å². The fourth-order valence-electron chi connectivity index (χ4n) is 1.40. The van der Waals surface area contributed by atoms with Crippen LogP contribution in [0.3, 0.4) is 0 Å². The van der Waals surface area contributed by atoms with E-state index in [2.05, 4.69) is 9.97 Å². The van der Waals surface area contributed by atoms with Crippen molar-refractivity contribution in [3.63, 3.8) is 0 Å². The minimum absolute atomic E-state index is 0.0826. The van der Waals surface area contributed by atoms with Crippen LogP contribution in [0.25, 0.3) is 0 Å². The summed E-state index contributed by atoms with van der Waals surface area (Å²) in [6.07, 6.45) is 0.736. The average molecular weight is 260 g/mol. The van der Waals surface area contributed by atoms with Crippen LogP contribution in [0.15, 0.2) is 30.3 Å². The maximum atomic E-state index is 10.7. The molecule has 0 unspecified atom stereocenters. The van der Waals surface area contributed by atoms with Crippen LogP contribution in [-0.2, 0) is 0 Å². The van der Waals surface area contributed by atoms with Gasteiger partial charge >= 0.3 is 6.01 Å². The van der Waals surface area contributed by atoms with Crippen LogP contribution in [0.2, 0.25) is 0 Å². The third-order valence-corrected chi connectivity index (χ3v) is 2.28. The Morgan fingerprint density at radius 3 is 2.32 bits per heavy atom. The Kier molecular flexibility index (Phi) is 3.92. The third kappa shape index (κ3) is 3.19. The van der Waals surface area contributed by atoms with Crippen LogP contribution < -0.4 is 14.2 Å². The number of methoxy groups -OCH3 is 2. The number of aromatic nitrogens is 2. The second kappa shape index (κ2) is 5.81. The molecule has 1 heterocycles. The standard InChI is InChI=1S/C13H12N2O4/c1-17-11-7-12(18-2)15-13(14-11)19-10-5-3-4-9(6-10)8-16/h3-8H,1-2H3. The molecule has 0 bridgehead atoms. The molecule has 0 fully saturated rings. The highest BCUT2D eigenvalue weighted by molar-refractivity contribution is 5.75. The molecular formula is C13H12N2O4. The lowest BCUT2D eigenvalue weighted by Crippen LogP contribution is -1.98. The van der Waals surface area contributed by atoms with Crippen molar-refractivity contribution >= 4 is 6.29 Å². The summed E-state index contributed by atoms with van der Waals surface area (Å²) in [4.78, 5) is 18.7. The fourth-order valence-corrected chi connectivity index (χ4v) is 1.40. The highest BCUT2D eigenvalue weighted by atomic mass is 16.5. The molecule has 0 aliphatic rings. The van der Waals surface area contributed by atoms with Gasteiger partial charge in [-0.15, -0.1) is 0 Å². The number of aldehydes is 1. The van der Waals surface area contributed by atoms with Crippen LogP contribution in [-0.4, -0.2) is 30.5 Å². The number of carbonyl (C=O) groups is 1. The lowest BCUT2D eigenvalue weighted by molar-refractivity contribution is 0.112. The molecule has 0 amide bonds. The van der Waals surface area contributed by atoms with E-state index in [1.54, 1.807) is 24.3 Å². The van der Waals surface area contributed by atoms with E-state index in [0.29, 0.717) is 23.1 Å². The van der Waals surface area contributed by atoms with Gasteiger partial charge in [-0.1, -0.05) is 12.1 Å². The summed E-state index contributed by atoms with van der Waals surface area (Å²) in [5.74, 6) is 1.11. The van der Waals surface area contributed by atoms with Crippen molar-refractivity contribution in [3.05, 3.63) is 35.9 Å². The van der Waals surface area contributed by atoms with E-state index in [4.69, 9.17) is 14.2 Å². The summed E-state index contributed by atoms with van der Waals surface area (Å²) in [6.45, 7) is 0. The number of benzene rings is 1. The first-order valence-electron chi connectivity index (χ1n) is 5.45. The molecule has 0 radical (unpaired) electrons. The molecule has 1 aromatic heterocycles. The van der Waals surface area contributed by atoms with Crippen molar-refractivity contribution in [1.29, 1.82) is 0 Å². The second-order valence-electron chi connectivity index (χ2n) is 3.53. The van der Waals surface area contributed by atoms with Gasteiger partial charge < -0.3 is 14.2 Å². The van der Waals surface area contributed by atoms with Gasteiger partial charge in [0.05, 0.1) is 20.3 Å². The zero-order chi connectivity index (χ0) is 13.7. The predicted molar refractivity (Wildman–Crippen MR) is 67.0 cm³/mol. The van der Waals surface area contributed by atoms with Crippen molar-refractivity contribution in [2.45, 2.75) is 0 Å². The minimum atomic E-state index is 0.0826. The smallest absolute Gasteiger partial charge is 0.328 e. The molecule has 2 rings (SSSR count). The average Bonchev–Trinajstić information content (AvgIpc) is 2.47. The van der Waals surface area contributed by atoms with Gasteiger partial charge in [-0.05, 0) is 12.1 Å². The maximum absolute atomic E-state index is 10.7. The predicted octanol–water partition coefficient (Wildman–Crippen LogP) is 2.10. The second-order valence-corrected chi connectivity index (χ2v) is 3.53. The van der Waals surface area contributed by atoms with Crippen molar-refractivity contribution in [2.24, 2.45) is 0 Å². The quantitative estimate of drug-likeness (QED) is 0.767. The highest BCUT2D eigenvalue weighted by Crippen LogP contribution is 2.23. The van der Waals surface area contributed by atoms with E-state index >= 15 is 0 Å². The van der Waals surface area contributed by atoms with Crippen molar-refractivity contribution in [1.82, 2.24) is 9.97 Å². The first-order valence-corrected chi connectivity index (χ1v) is 5.45. The van der Waals surface area contributed by atoms with Crippen molar-refractivity contribution in [3.8, 4) is 23.5 Å². The molecule has 0 atom stereocenters. The maximum Gasteiger partial charge on any atom is 0.328 e. The molecule has 98 valence electrons. The zero-order valence-electron chi connectivity index (χ0n) is 10.5. The van der Waals surface area contributed by atoms with Gasteiger partial charge in [0.1, 0.15) is 12.0 Å². The topological polar surface area (TPSA) is 70.5 Å². The normalized spacial score (nSPS) is 9.79. The molecule has 0 spiro atoms. The number of rotatable bonds is 5. The van der Waals surface area contributed by atoms with Crippen molar-refractivity contribution < 1.29 is 19.0 Å². The van der Waals surface area contributed by atoms with Gasteiger partial charge in [-0.2, -0.15) is 9.97 Å². The summed E-state index contributed by atoms with van der Waals surface area (Å²) in [7, 11) is 2.97. The molecule has 0 N–H and O–H groups in total. The lowest BCUT2D eigenvalue weighted by atomic mass is 10.2. The largest absolute Gasteiger partial charge is 0.481 e. The first-order chi connectivity index (χ1) is 9.25. The molecule has 6 nitrogen and oxygen atoms in total. The Morgan fingerprint density at radius 2 is 1.74 bits per heavy atom. The van der Waals surface area contributed by atoms with E-state index < -0.39 is 0 Å². The van der Waals surface area contributed by atoms with E-state index in [-0.39, 0.29) is 6.01 Å². The van der Waals surface area contributed by atoms with Gasteiger partial charge in [-0.3, -0.25) is 4.79 Å². The van der Waals surface area contributed by atoms with E-state index in [9.17, 15) is 4.79 Å². The number of carbonyl (C=O) groups excluding carboxylic acids is 1. The molecular weight excluding hydrogens is 248 g/mol. The Hall–Kier alpha value is -2.63. The summed E-state index contributed by atoms with van der Waals surface area (Å²) in [5.41, 5.74) is 0.507. The van der Waals surface area contributed by atoms with E-state index in [0.717, 1.165) is 6.29 Å². The molecule has 0 saturated carbocycles. The molecule has 0 aliphatic heterocycles. The van der Waals surface area contributed by atoms with Gasteiger partial charge in [0.2, 0.25) is 11.8 Å². The number of hydrogen-bond donors (Lipinski definition) is 0. The minimum Gasteiger partial charge on any atom is -0.481 e. The third-order valence-electron chi connectivity index (χ3n) is 2.28. The van der Waals surface area contributed by atoms with Crippen LogP contribution >= 0.6 is 0 Å². The summed E-state index contributed by atoms with van der Waals surface area (Å²) in [6, 6.07) is 8.28. The molecule has 0 aliphatic carbocycles. The molecule has 6 heteroatoms. The van der Waals surface area contributed by atoms with Crippen LogP contribution in [0.1, 0.15) is 10.4 Å². The molecule has 2 aromatic rings. The Bertz CT molecular complexity index is 564. The monoisotopic (exact) mass is 260 g/mol. The van der Waals surface area contributed by atoms with Gasteiger partial charge in [-0.25, -0.2) is 0 Å². The molecule has 0 saturated heterocycles.